The van der Waals surface area contributed by atoms with E-state index in [0.717, 1.165) is 18.9 Å². The minimum absolute atomic E-state index is 0.607. The van der Waals surface area contributed by atoms with Gasteiger partial charge < -0.3 is 15.2 Å². The lowest BCUT2D eigenvalue weighted by atomic mass is 10.1. The van der Waals surface area contributed by atoms with Crippen molar-refractivity contribution in [3.8, 4) is 6.07 Å². The van der Waals surface area contributed by atoms with Crippen LogP contribution in [-0.4, -0.2) is 17.7 Å². The van der Waals surface area contributed by atoms with Crippen LogP contribution in [0.15, 0.2) is 30.3 Å². The Balaban J connectivity index is 2.48. The van der Waals surface area contributed by atoms with Gasteiger partial charge >= 0.3 is 0 Å². The molecule has 1 heterocycles. The second kappa shape index (κ2) is 6.36. The predicted molar refractivity (Wildman–Crippen MR) is 87.4 cm³/mol. The summed E-state index contributed by atoms with van der Waals surface area (Å²) in [6.07, 6.45) is 0. The van der Waals surface area contributed by atoms with Gasteiger partial charge in [-0.2, -0.15) is 5.26 Å². The maximum absolute atomic E-state index is 9.37. The number of nitriles is 1. The van der Waals surface area contributed by atoms with Crippen molar-refractivity contribution in [2.24, 2.45) is 0 Å². The summed E-state index contributed by atoms with van der Waals surface area (Å²) in [5.74, 6) is 0.943. The number of hydrogen-bond acceptors (Lipinski definition) is 3. The number of hydrogen-bond donors (Lipinski definition) is 1. The smallest absolute Gasteiger partial charge is 0.133 e. The number of nitrogen functional groups attached to an aromatic ring is 1. The molecule has 0 fully saturated rings. The first-order chi connectivity index (χ1) is 10.1. The monoisotopic (exact) mass is 282 g/mol. The molecule has 0 aliphatic heterocycles. The molecular weight excluding hydrogens is 260 g/mol. The third kappa shape index (κ3) is 3.03. The van der Waals surface area contributed by atoms with Gasteiger partial charge in [-0.25, -0.2) is 0 Å². The number of benzene rings is 1. The zero-order valence-corrected chi connectivity index (χ0v) is 12.9. The van der Waals surface area contributed by atoms with Crippen LogP contribution in [0.1, 0.15) is 30.7 Å². The zero-order chi connectivity index (χ0) is 15.4. The maximum atomic E-state index is 9.37. The third-order valence-corrected chi connectivity index (χ3v) is 3.70. The highest BCUT2D eigenvalue weighted by atomic mass is 15.2. The lowest BCUT2D eigenvalue weighted by Gasteiger charge is -2.24. The molecule has 0 unspecified atom stereocenters. The fraction of sp³-hybridized carbons (Fsp3) is 0.353. The van der Waals surface area contributed by atoms with Crippen LogP contribution in [0, 0.1) is 18.3 Å². The van der Waals surface area contributed by atoms with E-state index in [-0.39, 0.29) is 0 Å². The summed E-state index contributed by atoms with van der Waals surface area (Å²) in [6, 6.07) is 12.4. The molecule has 0 amide bonds. The molecule has 0 saturated carbocycles. The van der Waals surface area contributed by atoms with Crippen molar-refractivity contribution in [1.82, 2.24) is 4.57 Å². The van der Waals surface area contributed by atoms with Crippen LogP contribution in [0.3, 0.4) is 0 Å². The Morgan fingerprint density at radius 2 is 1.95 bits per heavy atom. The average molecular weight is 282 g/mol. The molecule has 4 nitrogen and oxygen atoms in total. The summed E-state index contributed by atoms with van der Waals surface area (Å²) in [5, 5.41) is 9.37. The van der Waals surface area contributed by atoms with E-state index in [0.29, 0.717) is 17.9 Å². The molecule has 0 bridgehead atoms. The highest BCUT2D eigenvalue weighted by molar-refractivity contribution is 5.68. The molecule has 1 aromatic heterocycles. The molecule has 2 N–H and O–H groups in total. The lowest BCUT2D eigenvalue weighted by molar-refractivity contribution is 0.739. The molecule has 21 heavy (non-hydrogen) atoms. The van der Waals surface area contributed by atoms with Gasteiger partial charge in [0.25, 0.3) is 0 Å². The largest absolute Gasteiger partial charge is 0.396 e. The molecule has 2 rings (SSSR count). The Labute approximate surface area is 126 Å². The number of aryl methyl sites for hydroxylation is 1. The normalized spacial score (nSPS) is 10.4. The van der Waals surface area contributed by atoms with E-state index in [1.807, 2.05) is 10.6 Å². The summed E-state index contributed by atoms with van der Waals surface area (Å²) in [6.45, 7) is 8.66. The van der Waals surface area contributed by atoms with Crippen molar-refractivity contribution in [3.63, 3.8) is 0 Å². The summed E-state index contributed by atoms with van der Waals surface area (Å²) in [7, 11) is 0. The fourth-order valence-electron chi connectivity index (χ4n) is 2.68. The Morgan fingerprint density at radius 3 is 2.52 bits per heavy atom. The molecule has 0 radical (unpaired) electrons. The van der Waals surface area contributed by atoms with E-state index in [4.69, 9.17) is 5.73 Å². The second-order valence-corrected chi connectivity index (χ2v) is 5.17. The van der Waals surface area contributed by atoms with Crippen LogP contribution < -0.4 is 10.6 Å². The number of nitrogens with two attached hydrogens (primary N) is 1. The molecule has 0 aliphatic rings. The van der Waals surface area contributed by atoms with E-state index in [2.05, 4.69) is 49.9 Å². The van der Waals surface area contributed by atoms with Crippen molar-refractivity contribution >= 4 is 11.5 Å². The average Bonchev–Trinajstić information content (AvgIpc) is 2.77. The Morgan fingerprint density at radius 1 is 1.24 bits per heavy atom. The van der Waals surface area contributed by atoms with E-state index in [1.165, 1.54) is 11.1 Å². The predicted octanol–water partition coefficient (Wildman–Crippen LogP) is 3.14. The van der Waals surface area contributed by atoms with Gasteiger partial charge in [0.1, 0.15) is 17.6 Å². The Kier molecular flexibility index (Phi) is 4.54. The molecule has 0 spiro atoms. The minimum Gasteiger partial charge on any atom is -0.396 e. The summed E-state index contributed by atoms with van der Waals surface area (Å²) < 4.78 is 2.01. The van der Waals surface area contributed by atoms with E-state index >= 15 is 0 Å². The van der Waals surface area contributed by atoms with Crippen LogP contribution in [0.4, 0.5) is 11.5 Å². The Hall–Kier alpha value is -2.41. The fourth-order valence-corrected chi connectivity index (χ4v) is 2.68. The quantitative estimate of drug-likeness (QED) is 0.916. The molecule has 4 heteroatoms. The van der Waals surface area contributed by atoms with Crippen molar-refractivity contribution in [3.05, 3.63) is 47.2 Å². The first-order valence-electron chi connectivity index (χ1n) is 7.30. The molecular formula is C17H22N4. The van der Waals surface area contributed by atoms with E-state index < -0.39 is 0 Å². The van der Waals surface area contributed by atoms with Crippen molar-refractivity contribution in [1.29, 1.82) is 5.26 Å². The van der Waals surface area contributed by atoms with Crippen LogP contribution in [0.25, 0.3) is 0 Å². The van der Waals surface area contributed by atoms with Gasteiger partial charge in [0.2, 0.25) is 0 Å². The number of aromatic nitrogens is 1. The molecule has 0 atom stereocenters. The maximum Gasteiger partial charge on any atom is 0.133 e. The van der Waals surface area contributed by atoms with Gasteiger partial charge in [0, 0.05) is 13.1 Å². The van der Waals surface area contributed by atoms with Crippen molar-refractivity contribution in [2.45, 2.75) is 27.3 Å². The van der Waals surface area contributed by atoms with Gasteiger partial charge in [-0.1, -0.05) is 29.8 Å². The number of anilines is 2. The number of rotatable bonds is 5. The standard InChI is InChI=1S/C17H22N4/c1-4-20(5-2)17-16(19)10-15(11-18)21(17)12-14-8-6-7-13(3)9-14/h6-10H,4-5,12,19H2,1-3H3. The minimum atomic E-state index is 0.607. The van der Waals surface area contributed by atoms with E-state index in [1.54, 1.807) is 6.07 Å². The van der Waals surface area contributed by atoms with Gasteiger partial charge in [-0.15, -0.1) is 0 Å². The summed E-state index contributed by atoms with van der Waals surface area (Å²) in [4.78, 5) is 2.19. The second-order valence-electron chi connectivity index (χ2n) is 5.17. The molecule has 0 aliphatic carbocycles. The van der Waals surface area contributed by atoms with Crippen LogP contribution in [-0.2, 0) is 6.54 Å². The molecule has 0 saturated heterocycles. The summed E-state index contributed by atoms with van der Waals surface area (Å²) in [5.41, 5.74) is 9.81. The Bertz CT molecular complexity index is 660. The van der Waals surface area contributed by atoms with E-state index in [9.17, 15) is 5.26 Å². The SMILES string of the molecule is CCN(CC)c1c(N)cc(C#N)n1Cc1cccc(C)c1. The first-order valence-corrected chi connectivity index (χ1v) is 7.30. The molecule has 2 aromatic rings. The molecule has 1 aromatic carbocycles. The first kappa shape index (κ1) is 15.0. The zero-order valence-electron chi connectivity index (χ0n) is 12.9. The summed E-state index contributed by atoms with van der Waals surface area (Å²) >= 11 is 0. The topological polar surface area (TPSA) is 58.0 Å². The van der Waals surface area contributed by atoms with Gasteiger partial charge in [-0.05, 0) is 32.4 Å². The lowest BCUT2D eigenvalue weighted by Crippen LogP contribution is -2.26. The van der Waals surface area contributed by atoms with Gasteiger partial charge in [-0.3, -0.25) is 0 Å². The van der Waals surface area contributed by atoms with Crippen molar-refractivity contribution < 1.29 is 0 Å². The number of nitrogens with zero attached hydrogens (tertiary/aromatic N) is 3. The molecule has 110 valence electrons. The van der Waals surface area contributed by atoms with Gasteiger partial charge in [0.15, 0.2) is 0 Å². The third-order valence-electron chi connectivity index (χ3n) is 3.70. The van der Waals surface area contributed by atoms with Crippen LogP contribution >= 0.6 is 0 Å². The van der Waals surface area contributed by atoms with Crippen LogP contribution in [0.2, 0.25) is 0 Å². The highest BCUT2D eigenvalue weighted by Crippen LogP contribution is 2.28. The van der Waals surface area contributed by atoms with Gasteiger partial charge in [0.05, 0.1) is 12.2 Å². The van der Waals surface area contributed by atoms with Crippen molar-refractivity contribution in [2.75, 3.05) is 23.7 Å². The van der Waals surface area contributed by atoms with Crippen LogP contribution in [0.5, 0.6) is 0 Å². The highest BCUT2D eigenvalue weighted by Gasteiger charge is 2.17.